The van der Waals surface area contributed by atoms with E-state index < -0.39 is 5.82 Å². The first-order valence-corrected chi connectivity index (χ1v) is 7.45. The van der Waals surface area contributed by atoms with E-state index in [1.54, 1.807) is 12.1 Å². The summed E-state index contributed by atoms with van der Waals surface area (Å²) in [5.74, 6) is 0.0461. The molecule has 1 aromatic rings. The number of carbonyl (C=O) groups excluding carboxylic acids is 1. The standard InChI is InChI=1S/C16H25FN2O3/c1-11(2)14(7-9-20)19-16(21)18-8-6-12-4-5-13(17)15(10-12)22-3/h4-5,10-11,14,20H,6-9H2,1-3H3,(H2,18,19,21). The Labute approximate surface area is 130 Å². The molecule has 1 aromatic carbocycles. The molecule has 0 aliphatic heterocycles. The Bertz CT molecular complexity index is 480. The molecule has 0 fully saturated rings. The van der Waals surface area contributed by atoms with Crippen molar-refractivity contribution in [3.8, 4) is 5.75 Å². The van der Waals surface area contributed by atoms with Crippen molar-refractivity contribution in [3.05, 3.63) is 29.6 Å². The predicted octanol–water partition coefficient (Wildman–Crippen LogP) is 2.08. The van der Waals surface area contributed by atoms with Crippen molar-refractivity contribution in [1.82, 2.24) is 10.6 Å². The van der Waals surface area contributed by atoms with E-state index in [-0.39, 0.29) is 30.3 Å². The molecule has 3 N–H and O–H groups in total. The third-order valence-electron chi connectivity index (χ3n) is 3.48. The summed E-state index contributed by atoms with van der Waals surface area (Å²) in [6.07, 6.45) is 1.11. The lowest BCUT2D eigenvalue weighted by molar-refractivity contribution is 0.219. The molecule has 6 heteroatoms. The van der Waals surface area contributed by atoms with Gasteiger partial charge in [0.2, 0.25) is 0 Å². The summed E-state index contributed by atoms with van der Waals surface area (Å²) in [4.78, 5) is 11.8. The maximum atomic E-state index is 13.3. The van der Waals surface area contributed by atoms with E-state index in [1.807, 2.05) is 13.8 Å². The minimum absolute atomic E-state index is 0.0402. The highest BCUT2D eigenvalue weighted by molar-refractivity contribution is 5.74. The van der Waals surface area contributed by atoms with Crippen LogP contribution in [0, 0.1) is 11.7 Å². The predicted molar refractivity (Wildman–Crippen MR) is 83.5 cm³/mol. The van der Waals surface area contributed by atoms with Gasteiger partial charge in [-0.3, -0.25) is 0 Å². The molecule has 0 aromatic heterocycles. The molecule has 1 atom stereocenters. The van der Waals surface area contributed by atoms with Crippen molar-refractivity contribution >= 4 is 6.03 Å². The van der Waals surface area contributed by atoms with E-state index in [2.05, 4.69) is 10.6 Å². The summed E-state index contributed by atoms with van der Waals surface area (Å²) in [7, 11) is 1.42. The molecule has 1 rings (SSSR count). The van der Waals surface area contributed by atoms with Crippen LogP contribution in [0.2, 0.25) is 0 Å². The zero-order chi connectivity index (χ0) is 16.5. The van der Waals surface area contributed by atoms with Gasteiger partial charge < -0.3 is 20.5 Å². The Morgan fingerprint density at radius 2 is 2.14 bits per heavy atom. The summed E-state index contributed by atoms with van der Waals surface area (Å²) in [6.45, 7) is 4.46. The lowest BCUT2D eigenvalue weighted by atomic mass is 10.0. The molecule has 1 unspecified atom stereocenters. The number of hydrogen-bond donors (Lipinski definition) is 3. The number of benzene rings is 1. The third kappa shape index (κ3) is 5.89. The SMILES string of the molecule is COc1cc(CCNC(=O)NC(CCO)C(C)C)ccc1F. The second-order valence-electron chi connectivity index (χ2n) is 5.48. The summed E-state index contributed by atoms with van der Waals surface area (Å²) in [6, 6.07) is 4.32. The number of carbonyl (C=O) groups is 1. The number of aliphatic hydroxyl groups is 1. The van der Waals surface area contributed by atoms with Crippen LogP contribution in [-0.4, -0.2) is 37.4 Å². The second-order valence-corrected chi connectivity index (χ2v) is 5.48. The molecule has 0 heterocycles. The van der Waals surface area contributed by atoms with Crippen molar-refractivity contribution in [2.45, 2.75) is 32.7 Å². The van der Waals surface area contributed by atoms with Gasteiger partial charge in [-0.1, -0.05) is 19.9 Å². The van der Waals surface area contributed by atoms with Crippen molar-refractivity contribution in [2.24, 2.45) is 5.92 Å². The highest BCUT2D eigenvalue weighted by atomic mass is 19.1. The Morgan fingerprint density at radius 1 is 1.41 bits per heavy atom. The number of aliphatic hydroxyl groups excluding tert-OH is 1. The number of hydrogen-bond acceptors (Lipinski definition) is 3. The molecule has 0 radical (unpaired) electrons. The molecular formula is C16H25FN2O3. The summed E-state index contributed by atoms with van der Waals surface area (Å²) >= 11 is 0. The highest BCUT2D eigenvalue weighted by Crippen LogP contribution is 2.18. The van der Waals surface area contributed by atoms with Crippen LogP contribution in [0.15, 0.2) is 18.2 Å². The molecular weight excluding hydrogens is 287 g/mol. The summed E-state index contributed by atoms with van der Waals surface area (Å²) in [5.41, 5.74) is 0.884. The molecule has 0 spiro atoms. The van der Waals surface area contributed by atoms with Gasteiger partial charge in [-0.05, 0) is 36.5 Å². The smallest absolute Gasteiger partial charge is 0.315 e. The molecule has 2 amide bonds. The monoisotopic (exact) mass is 312 g/mol. The molecule has 22 heavy (non-hydrogen) atoms. The quantitative estimate of drug-likeness (QED) is 0.688. The highest BCUT2D eigenvalue weighted by Gasteiger charge is 2.15. The average molecular weight is 312 g/mol. The zero-order valence-corrected chi connectivity index (χ0v) is 13.4. The summed E-state index contributed by atoms with van der Waals surface area (Å²) < 4.78 is 18.2. The largest absolute Gasteiger partial charge is 0.494 e. The number of methoxy groups -OCH3 is 1. The van der Waals surface area contributed by atoms with Gasteiger partial charge >= 0.3 is 6.03 Å². The van der Waals surface area contributed by atoms with Gasteiger partial charge in [0.1, 0.15) is 0 Å². The maximum Gasteiger partial charge on any atom is 0.315 e. The number of nitrogens with one attached hydrogen (secondary N) is 2. The Kier molecular flexibility index (Phi) is 7.66. The third-order valence-corrected chi connectivity index (χ3v) is 3.48. The van der Waals surface area contributed by atoms with Crippen LogP contribution >= 0.6 is 0 Å². The number of ether oxygens (including phenoxy) is 1. The maximum absolute atomic E-state index is 13.3. The molecule has 0 saturated carbocycles. The van der Waals surface area contributed by atoms with Crippen molar-refractivity contribution in [3.63, 3.8) is 0 Å². The zero-order valence-electron chi connectivity index (χ0n) is 13.4. The molecule has 5 nitrogen and oxygen atoms in total. The van der Waals surface area contributed by atoms with Crippen LogP contribution in [0.1, 0.15) is 25.8 Å². The van der Waals surface area contributed by atoms with Crippen LogP contribution in [0.5, 0.6) is 5.75 Å². The Balaban J connectivity index is 2.41. The average Bonchev–Trinajstić information content (AvgIpc) is 2.48. The van der Waals surface area contributed by atoms with Gasteiger partial charge in [-0.2, -0.15) is 0 Å². The lowest BCUT2D eigenvalue weighted by Gasteiger charge is -2.21. The first-order valence-electron chi connectivity index (χ1n) is 7.45. The van der Waals surface area contributed by atoms with E-state index in [9.17, 15) is 9.18 Å². The van der Waals surface area contributed by atoms with Gasteiger partial charge in [-0.25, -0.2) is 9.18 Å². The van der Waals surface area contributed by atoms with Gasteiger partial charge in [0.05, 0.1) is 7.11 Å². The van der Waals surface area contributed by atoms with Crippen molar-refractivity contribution < 1.29 is 19.0 Å². The van der Waals surface area contributed by atoms with Gasteiger partial charge in [0, 0.05) is 19.2 Å². The fraction of sp³-hybridized carbons (Fsp3) is 0.562. The first-order chi connectivity index (χ1) is 10.5. The summed E-state index contributed by atoms with van der Waals surface area (Å²) in [5, 5.41) is 14.6. The topological polar surface area (TPSA) is 70.6 Å². The van der Waals surface area contributed by atoms with E-state index in [1.165, 1.54) is 13.2 Å². The minimum Gasteiger partial charge on any atom is -0.494 e. The fourth-order valence-electron chi connectivity index (χ4n) is 2.11. The van der Waals surface area contributed by atoms with E-state index in [4.69, 9.17) is 9.84 Å². The number of amides is 2. The first kappa shape index (κ1) is 18.2. The molecule has 124 valence electrons. The van der Waals surface area contributed by atoms with Crippen molar-refractivity contribution in [2.75, 3.05) is 20.3 Å². The Morgan fingerprint density at radius 3 is 2.73 bits per heavy atom. The number of urea groups is 1. The van der Waals surface area contributed by atoms with Gasteiger partial charge in [0.15, 0.2) is 11.6 Å². The van der Waals surface area contributed by atoms with Crippen molar-refractivity contribution in [1.29, 1.82) is 0 Å². The molecule has 0 aliphatic rings. The van der Waals surface area contributed by atoms with Crippen LogP contribution in [0.4, 0.5) is 9.18 Å². The molecule has 0 bridgehead atoms. The van der Waals surface area contributed by atoms with Gasteiger partial charge in [0.25, 0.3) is 0 Å². The van der Waals surface area contributed by atoms with Gasteiger partial charge in [-0.15, -0.1) is 0 Å². The normalized spacial score (nSPS) is 12.1. The van der Waals surface area contributed by atoms with Crippen LogP contribution in [0.3, 0.4) is 0 Å². The van der Waals surface area contributed by atoms with Crippen LogP contribution in [0.25, 0.3) is 0 Å². The van der Waals surface area contributed by atoms with E-state index in [0.29, 0.717) is 19.4 Å². The van der Waals surface area contributed by atoms with E-state index in [0.717, 1.165) is 5.56 Å². The minimum atomic E-state index is -0.402. The molecule has 0 saturated heterocycles. The Hall–Kier alpha value is -1.82. The second kappa shape index (κ2) is 9.25. The molecule has 0 aliphatic carbocycles. The lowest BCUT2D eigenvalue weighted by Crippen LogP contribution is -2.45. The van der Waals surface area contributed by atoms with E-state index >= 15 is 0 Å². The van der Waals surface area contributed by atoms with Crippen LogP contribution in [-0.2, 0) is 6.42 Å². The van der Waals surface area contributed by atoms with Crippen LogP contribution < -0.4 is 15.4 Å². The fourth-order valence-corrected chi connectivity index (χ4v) is 2.11. The number of halogens is 1. The number of rotatable bonds is 8.